The fraction of sp³-hybridized carbons (Fsp3) is 0.333. The van der Waals surface area contributed by atoms with Gasteiger partial charge in [-0.15, -0.1) is 13.2 Å². The number of hydrogen-bond donors (Lipinski definition) is 0. The summed E-state index contributed by atoms with van der Waals surface area (Å²) in [6, 6.07) is 4.27. The molecule has 19 heavy (non-hydrogen) atoms. The van der Waals surface area contributed by atoms with E-state index in [9.17, 15) is 30.7 Å². The van der Waals surface area contributed by atoms with Crippen LogP contribution in [0, 0.1) is 0 Å². The van der Waals surface area contributed by atoms with Crippen molar-refractivity contribution in [2.24, 2.45) is 0 Å². The van der Waals surface area contributed by atoms with Crippen LogP contribution in [-0.2, 0) is 4.74 Å². The van der Waals surface area contributed by atoms with E-state index in [2.05, 4.69) is 25.4 Å². The summed E-state index contributed by atoms with van der Waals surface area (Å²) in [5.41, 5.74) is 0. The lowest BCUT2D eigenvalue weighted by Gasteiger charge is -2.26. The first kappa shape index (κ1) is 16.0. The van der Waals surface area contributed by atoms with Gasteiger partial charge in [-0.1, -0.05) is 22.0 Å². The minimum atomic E-state index is -5.94. The van der Waals surface area contributed by atoms with Crippen molar-refractivity contribution in [2.45, 2.75) is 18.6 Å². The molecule has 0 bridgehead atoms. The Morgan fingerprint density at radius 1 is 0.895 bits per heavy atom. The number of alkyl halides is 7. The molecule has 10 heteroatoms. The van der Waals surface area contributed by atoms with Crippen LogP contribution in [-0.4, -0.2) is 18.6 Å². The highest BCUT2D eigenvalue weighted by Crippen LogP contribution is 2.41. The lowest BCUT2D eigenvalue weighted by atomic mass is 10.3. The molecule has 0 aliphatic carbocycles. The molecule has 1 aromatic carbocycles. The Balaban J connectivity index is 2.91. The maximum absolute atomic E-state index is 12.9. The van der Waals surface area contributed by atoms with E-state index < -0.39 is 24.3 Å². The van der Waals surface area contributed by atoms with Crippen molar-refractivity contribution in [2.75, 3.05) is 0 Å². The Hall–Kier alpha value is -1.03. The molecule has 0 saturated heterocycles. The van der Waals surface area contributed by atoms with Crippen molar-refractivity contribution >= 4 is 15.9 Å². The van der Waals surface area contributed by atoms with Crippen LogP contribution >= 0.6 is 15.9 Å². The van der Waals surface area contributed by atoms with Crippen LogP contribution in [0.1, 0.15) is 0 Å². The lowest BCUT2D eigenvalue weighted by Crippen LogP contribution is -2.49. The Bertz CT molecular complexity index is 446. The monoisotopic (exact) mass is 356 g/mol. The maximum Gasteiger partial charge on any atom is 0.527 e. The predicted octanol–water partition coefficient (Wildman–Crippen LogP) is 4.55. The molecule has 0 spiro atoms. The zero-order chi connectivity index (χ0) is 14.9. The Kier molecular flexibility index (Phi) is 4.35. The van der Waals surface area contributed by atoms with Gasteiger partial charge in [0.25, 0.3) is 0 Å². The molecule has 0 fully saturated rings. The van der Waals surface area contributed by atoms with Gasteiger partial charge in [0.1, 0.15) is 5.75 Å². The van der Waals surface area contributed by atoms with E-state index in [0.717, 1.165) is 18.2 Å². The molecule has 0 saturated carbocycles. The average molecular weight is 357 g/mol. The summed E-state index contributed by atoms with van der Waals surface area (Å²) in [5.74, 6) is -0.759. The average Bonchev–Trinajstić information content (AvgIpc) is 2.12. The first-order valence-electron chi connectivity index (χ1n) is 4.40. The Morgan fingerprint density at radius 3 is 1.95 bits per heavy atom. The SMILES string of the molecule is FC(F)(F)OC(F)(F)C(F)(F)Oc1cccc(Br)c1. The number of halogens is 8. The largest absolute Gasteiger partial charge is 0.527 e. The molecular weight excluding hydrogens is 353 g/mol. The van der Waals surface area contributed by atoms with Gasteiger partial charge in [0.2, 0.25) is 0 Å². The van der Waals surface area contributed by atoms with Crippen LogP contribution in [0.5, 0.6) is 5.75 Å². The summed E-state index contributed by atoms with van der Waals surface area (Å²) in [7, 11) is 0. The van der Waals surface area contributed by atoms with E-state index >= 15 is 0 Å². The van der Waals surface area contributed by atoms with Gasteiger partial charge in [-0.2, -0.15) is 17.6 Å². The van der Waals surface area contributed by atoms with Crippen LogP contribution in [0.15, 0.2) is 28.7 Å². The van der Waals surface area contributed by atoms with Crippen molar-refractivity contribution in [1.82, 2.24) is 0 Å². The number of hydrogen-bond acceptors (Lipinski definition) is 2. The molecule has 0 radical (unpaired) electrons. The molecule has 2 nitrogen and oxygen atoms in total. The second kappa shape index (κ2) is 5.16. The van der Waals surface area contributed by atoms with Crippen molar-refractivity contribution in [3.63, 3.8) is 0 Å². The van der Waals surface area contributed by atoms with Gasteiger partial charge >= 0.3 is 18.6 Å². The molecule has 0 aliphatic heterocycles. The van der Waals surface area contributed by atoms with Gasteiger partial charge in [0.15, 0.2) is 0 Å². The molecule has 0 amide bonds. The number of ether oxygens (including phenoxy) is 2. The van der Waals surface area contributed by atoms with E-state index in [1.807, 2.05) is 0 Å². The molecule has 0 atom stereocenters. The third kappa shape index (κ3) is 4.53. The molecule has 0 aliphatic rings. The van der Waals surface area contributed by atoms with Crippen LogP contribution in [0.4, 0.5) is 30.7 Å². The molecule has 0 heterocycles. The van der Waals surface area contributed by atoms with Crippen LogP contribution in [0.3, 0.4) is 0 Å². The fourth-order valence-corrected chi connectivity index (χ4v) is 1.32. The molecule has 1 rings (SSSR count). The van der Waals surface area contributed by atoms with Crippen LogP contribution in [0.25, 0.3) is 0 Å². The van der Waals surface area contributed by atoms with E-state index in [1.165, 1.54) is 6.07 Å². The topological polar surface area (TPSA) is 18.5 Å². The van der Waals surface area contributed by atoms with Gasteiger partial charge in [-0.25, -0.2) is 4.74 Å². The van der Waals surface area contributed by atoms with E-state index in [4.69, 9.17) is 0 Å². The highest BCUT2D eigenvalue weighted by molar-refractivity contribution is 9.10. The zero-order valence-corrected chi connectivity index (χ0v) is 10.2. The third-order valence-corrected chi connectivity index (χ3v) is 2.12. The highest BCUT2D eigenvalue weighted by atomic mass is 79.9. The molecular formula is C9H4BrF7O2. The molecule has 0 aromatic heterocycles. The Morgan fingerprint density at radius 2 is 1.47 bits per heavy atom. The molecule has 0 N–H and O–H groups in total. The minimum absolute atomic E-state index is 0.209. The highest BCUT2D eigenvalue weighted by Gasteiger charge is 2.66. The van der Waals surface area contributed by atoms with Crippen molar-refractivity contribution in [3.8, 4) is 5.75 Å². The summed E-state index contributed by atoms with van der Waals surface area (Å²) >= 11 is 2.85. The first-order valence-corrected chi connectivity index (χ1v) is 5.19. The van der Waals surface area contributed by atoms with Gasteiger partial charge < -0.3 is 4.74 Å². The summed E-state index contributed by atoms with van der Waals surface area (Å²) < 4.78 is 91.8. The molecule has 1 aromatic rings. The quantitative estimate of drug-likeness (QED) is 0.737. The maximum atomic E-state index is 12.9. The van der Waals surface area contributed by atoms with E-state index in [-0.39, 0.29) is 4.47 Å². The fourth-order valence-electron chi connectivity index (χ4n) is 0.943. The molecule has 108 valence electrons. The standard InChI is InChI=1S/C9H4BrF7O2/c10-5-2-1-3-6(4-5)18-7(11,12)8(13,14)19-9(15,16)17/h1-4H. The number of rotatable bonds is 4. The third-order valence-electron chi connectivity index (χ3n) is 1.62. The van der Waals surface area contributed by atoms with E-state index in [1.54, 1.807) is 0 Å². The van der Waals surface area contributed by atoms with Crippen molar-refractivity contribution in [1.29, 1.82) is 0 Å². The summed E-state index contributed by atoms with van der Waals surface area (Å²) in [5, 5.41) is 0. The van der Waals surface area contributed by atoms with Crippen LogP contribution < -0.4 is 4.74 Å². The number of benzene rings is 1. The van der Waals surface area contributed by atoms with Gasteiger partial charge in [-0.05, 0) is 18.2 Å². The van der Waals surface area contributed by atoms with Crippen molar-refractivity contribution < 1.29 is 40.2 Å². The lowest BCUT2D eigenvalue weighted by molar-refractivity contribution is -0.492. The van der Waals surface area contributed by atoms with Gasteiger partial charge in [-0.3, -0.25) is 0 Å². The molecule has 0 unspecified atom stereocenters. The summed E-state index contributed by atoms with van der Waals surface area (Å²) in [6.07, 6.45) is -17.3. The normalized spacial score (nSPS) is 13.5. The van der Waals surface area contributed by atoms with Crippen molar-refractivity contribution in [3.05, 3.63) is 28.7 Å². The minimum Gasteiger partial charge on any atom is -0.426 e. The van der Waals surface area contributed by atoms with Gasteiger partial charge in [0, 0.05) is 4.47 Å². The predicted molar refractivity (Wildman–Crippen MR) is 51.8 cm³/mol. The second-order valence-electron chi connectivity index (χ2n) is 3.14. The first-order chi connectivity index (χ1) is 8.43. The Labute approximate surface area is 110 Å². The zero-order valence-electron chi connectivity index (χ0n) is 8.65. The second-order valence-corrected chi connectivity index (χ2v) is 4.06. The van der Waals surface area contributed by atoms with Crippen LogP contribution in [0.2, 0.25) is 0 Å². The van der Waals surface area contributed by atoms with Gasteiger partial charge in [0.05, 0.1) is 0 Å². The summed E-state index contributed by atoms with van der Waals surface area (Å²) in [4.78, 5) is 0. The van der Waals surface area contributed by atoms with E-state index in [0.29, 0.717) is 0 Å². The summed E-state index contributed by atoms with van der Waals surface area (Å²) in [6.45, 7) is 0. The smallest absolute Gasteiger partial charge is 0.426 e.